The van der Waals surface area contributed by atoms with Gasteiger partial charge in [-0.25, -0.2) is 0 Å². The Morgan fingerprint density at radius 2 is 1.86 bits per heavy atom. The molecule has 1 aliphatic heterocycles. The van der Waals surface area contributed by atoms with Crippen LogP contribution in [0, 0.1) is 0 Å². The van der Waals surface area contributed by atoms with E-state index in [1.54, 1.807) is 31.4 Å². The van der Waals surface area contributed by atoms with Gasteiger partial charge in [-0.3, -0.25) is 9.59 Å². The van der Waals surface area contributed by atoms with E-state index in [4.69, 9.17) is 4.74 Å². The molecular weight excluding hydrogens is 406 g/mol. The lowest BCUT2D eigenvalue weighted by molar-refractivity contribution is -0.119. The third kappa shape index (κ3) is 4.96. The van der Waals surface area contributed by atoms with E-state index in [2.05, 4.69) is 5.32 Å². The Hall–Kier alpha value is -2.26. The van der Waals surface area contributed by atoms with Gasteiger partial charge in [0, 0.05) is 21.9 Å². The molecule has 1 fully saturated rings. The fourth-order valence-electron chi connectivity index (χ4n) is 2.70. The van der Waals surface area contributed by atoms with Gasteiger partial charge in [0.2, 0.25) is 5.91 Å². The van der Waals surface area contributed by atoms with Crippen molar-refractivity contribution in [1.82, 2.24) is 4.90 Å². The zero-order chi connectivity index (χ0) is 20.1. The van der Waals surface area contributed by atoms with Crippen molar-refractivity contribution in [3.8, 4) is 5.75 Å². The van der Waals surface area contributed by atoms with E-state index >= 15 is 0 Å². The summed E-state index contributed by atoms with van der Waals surface area (Å²) in [7, 11) is 1.56. The van der Waals surface area contributed by atoms with Crippen molar-refractivity contribution in [3.05, 3.63) is 54.1 Å². The molecule has 2 amide bonds. The van der Waals surface area contributed by atoms with Crippen LogP contribution in [0.4, 0.5) is 14.5 Å². The topological polar surface area (TPSA) is 58.6 Å². The zero-order valence-electron chi connectivity index (χ0n) is 14.9. The van der Waals surface area contributed by atoms with Crippen molar-refractivity contribution in [2.24, 2.45) is 0 Å². The van der Waals surface area contributed by atoms with Crippen LogP contribution in [0.2, 0.25) is 0 Å². The predicted octanol–water partition coefficient (Wildman–Crippen LogP) is 4.16. The zero-order valence-corrected chi connectivity index (χ0v) is 16.6. The molecule has 1 saturated heterocycles. The lowest BCUT2D eigenvalue weighted by Gasteiger charge is -2.23. The Balaban J connectivity index is 1.67. The number of ether oxygens (including phenoxy) is 1. The Morgan fingerprint density at radius 1 is 1.18 bits per heavy atom. The summed E-state index contributed by atoms with van der Waals surface area (Å²) in [6.45, 7) is 0. The second-order valence-electron chi connectivity index (χ2n) is 5.91. The van der Waals surface area contributed by atoms with Gasteiger partial charge >= 0.3 is 0 Å². The standard InChI is InChI=1S/C19H18F2N2O3S2/c1-26-14-6-4-13(5-7-14)22-17(24)16-10-27-11-23(16)18(25)12-2-8-15(9-3-12)28-19(20)21/h2-9,16,19H,10-11H2,1H3,(H,22,24). The molecule has 1 atom stereocenters. The molecule has 0 radical (unpaired) electrons. The molecule has 1 N–H and O–H groups in total. The number of carbonyl (C=O) groups excluding carboxylic acids is 2. The third-order valence-corrected chi connectivity index (χ3v) is 5.86. The van der Waals surface area contributed by atoms with Crippen molar-refractivity contribution >= 4 is 41.0 Å². The van der Waals surface area contributed by atoms with Gasteiger partial charge in [-0.1, -0.05) is 11.8 Å². The summed E-state index contributed by atoms with van der Waals surface area (Å²) < 4.78 is 29.9. The fourth-order valence-corrected chi connectivity index (χ4v) is 4.36. The Labute approximate surface area is 169 Å². The summed E-state index contributed by atoms with van der Waals surface area (Å²) in [5, 5.41) is 2.81. The van der Waals surface area contributed by atoms with Gasteiger partial charge in [-0.05, 0) is 48.5 Å². The average Bonchev–Trinajstić information content (AvgIpc) is 3.18. The summed E-state index contributed by atoms with van der Waals surface area (Å²) in [6.07, 6.45) is 0. The first kappa shape index (κ1) is 20.5. The second kappa shape index (κ2) is 9.29. The Bertz CT molecular complexity index is 832. The van der Waals surface area contributed by atoms with E-state index in [9.17, 15) is 18.4 Å². The van der Waals surface area contributed by atoms with Crippen LogP contribution in [-0.4, -0.2) is 47.3 Å². The van der Waals surface area contributed by atoms with Gasteiger partial charge in [0.1, 0.15) is 11.8 Å². The molecule has 5 nitrogen and oxygen atoms in total. The van der Waals surface area contributed by atoms with Gasteiger partial charge < -0.3 is 15.0 Å². The van der Waals surface area contributed by atoms with Gasteiger partial charge in [0.05, 0.1) is 13.0 Å². The summed E-state index contributed by atoms with van der Waals surface area (Å²) in [4.78, 5) is 27.3. The summed E-state index contributed by atoms with van der Waals surface area (Å²) in [6, 6.07) is 12.3. The lowest BCUT2D eigenvalue weighted by Crippen LogP contribution is -2.44. The fraction of sp³-hybridized carbons (Fsp3) is 0.263. The van der Waals surface area contributed by atoms with Gasteiger partial charge in [0.25, 0.3) is 11.7 Å². The first-order valence-electron chi connectivity index (χ1n) is 8.36. The number of anilines is 1. The first-order chi connectivity index (χ1) is 13.5. The third-order valence-electron chi connectivity index (χ3n) is 4.13. The van der Waals surface area contributed by atoms with Gasteiger partial charge in [-0.2, -0.15) is 8.78 Å². The highest BCUT2D eigenvalue weighted by Crippen LogP contribution is 2.28. The van der Waals surface area contributed by atoms with Crippen LogP contribution in [0.15, 0.2) is 53.4 Å². The number of thioether (sulfide) groups is 2. The summed E-state index contributed by atoms with van der Waals surface area (Å²) in [5.74, 6) is -1.51. The molecule has 2 aromatic rings. The van der Waals surface area contributed by atoms with E-state index in [0.29, 0.717) is 45.3 Å². The maximum absolute atomic E-state index is 12.8. The smallest absolute Gasteiger partial charge is 0.288 e. The monoisotopic (exact) mass is 424 g/mol. The average molecular weight is 424 g/mol. The van der Waals surface area contributed by atoms with Crippen molar-refractivity contribution in [1.29, 1.82) is 0 Å². The van der Waals surface area contributed by atoms with Crippen LogP contribution < -0.4 is 10.1 Å². The van der Waals surface area contributed by atoms with Crippen molar-refractivity contribution in [2.75, 3.05) is 24.1 Å². The number of benzene rings is 2. The molecule has 0 spiro atoms. The molecule has 0 bridgehead atoms. The number of nitrogens with one attached hydrogen (secondary N) is 1. The number of nitrogens with zero attached hydrogens (tertiary/aromatic N) is 1. The lowest BCUT2D eigenvalue weighted by atomic mass is 10.1. The normalized spacial score (nSPS) is 16.3. The van der Waals surface area contributed by atoms with Crippen molar-refractivity contribution < 1.29 is 23.1 Å². The van der Waals surface area contributed by atoms with Crippen molar-refractivity contribution in [3.63, 3.8) is 0 Å². The van der Waals surface area contributed by atoms with Gasteiger partial charge in [0.15, 0.2) is 0 Å². The molecule has 28 heavy (non-hydrogen) atoms. The van der Waals surface area contributed by atoms with Crippen molar-refractivity contribution in [2.45, 2.75) is 16.7 Å². The largest absolute Gasteiger partial charge is 0.497 e. The molecule has 3 rings (SSSR count). The van der Waals surface area contributed by atoms with Crippen LogP contribution in [0.3, 0.4) is 0 Å². The van der Waals surface area contributed by atoms with Gasteiger partial charge in [-0.15, -0.1) is 11.8 Å². The minimum atomic E-state index is -2.51. The predicted molar refractivity (Wildman–Crippen MR) is 107 cm³/mol. The molecule has 1 unspecified atom stereocenters. The SMILES string of the molecule is COc1ccc(NC(=O)C2CSCN2C(=O)c2ccc(SC(F)F)cc2)cc1. The van der Waals surface area contributed by atoms with Crippen LogP contribution in [0.25, 0.3) is 0 Å². The number of hydrogen-bond donors (Lipinski definition) is 1. The molecule has 0 saturated carbocycles. The maximum atomic E-state index is 12.8. The molecule has 2 aromatic carbocycles. The number of amides is 2. The quantitative estimate of drug-likeness (QED) is 0.706. The summed E-state index contributed by atoms with van der Waals surface area (Å²) in [5.41, 5.74) is 0.979. The molecular formula is C19H18F2N2O3S2. The van der Waals surface area contributed by atoms with E-state index in [-0.39, 0.29) is 11.8 Å². The number of alkyl halides is 2. The molecule has 0 aromatic heterocycles. The van der Waals surface area contributed by atoms with E-state index in [0.717, 1.165) is 0 Å². The summed E-state index contributed by atoms with van der Waals surface area (Å²) >= 11 is 1.92. The first-order valence-corrected chi connectivity index (χ1v) is 10.4. The molecule has 148 valence electrons. The minimum absolute atomic E-state index is 0.270. The minimum Gasteiger partial charge on any atom is -0.497 e. The highest BCUT2D eigenvalue weighted by molar-refractivity contribution is 7.99. The number of halogens is 2. The molecule has 1 heterocycles. The number of hydrogen-bond acceptors (Lipinski definition) is 5. The highest BCUT2D eigenvalue weighted by atomic mass is 32.2. The Morgan fingerprint density at radius 3 is 2.46 bits per heavy atom. The molecule has 9 heteroatoms. The number of carbonyl (C=O) groups is 2. The number of rotatable bonds is 6. The van der Waals surface area contributed by atoms with E-state index in [1.165, 1.54) is 40.9 Å². The number of methoxy groups -OCH3 is 1. The van der Waals surface area contributed by atoms with Crippen LogP contribution in [0.1, 0.15) is 10.4 Å². The Kier molecular flexibility index (Phi) is 6.79. The maximum Gasteiger partial charge on any atom is 0.288 e. The molecule has 1 aliphatic rings. The molecule has 0 aliphatic carbocycles. The highest BCUT2D eigenvalue weighted by Gasteiger charge is 2.35. The van der Waals surface area contributed by atoms with E-state index < -0.39 is 11.8 Å². The van der Waals surface area contributed by atoms with E-state index in [1.807, 2.05) is 0 Å². The second-order valence-corrected chi connectivity index (χ2v) is 7.97. The van der Waals surface area contributed by atoms with Crippen LogP contribution in [0.5, 0.6) is 5.75 Å². The van der Waals surface area contributed by atoms with Crippen LogP contribution in [-0.2, 0) is 4.79 Å². The van der Waals surface area contributed by atoms with Crippen LogP contribution >= 0.6 is 23.5 Å².